The molecule has 0 aromatic rings. The van der Waals surface area contributed by atoms with Crippen molar-refractivity contribution in [3.63, 3.8) is 0 Å². The number of hydrogen-bond acceptors (Lipinski definition) is 6. The summed E-state index contributed by atoms with van der Waals surface area (Å²) >= 11 is 0. The Hall–Kier alpha value is -0.240. The Morgan fingerprint density at radius 2 is 1.38 bits per heavy atom. The Morgan fingerprint density at radius 3 is 1.75 bits per heavy atom. The van der Waals surface area contributed by atoms with Crippen LogP contribution in [0.1, 0.15) is 6.92 Å². The lowest BCUT2D eigenvalue weighted by molar-refractivity contribution is 0.0817. The van der Waals surface area contributed by atoms with E-state index in [9.17, 15) is 5.11 Å². The van der Waals surface area contributed by atoms with E-state index in [1.807, 2.05) is 0 Å². The number of nitrogens with two attached hydrogens (primary N) is 3. The number of aliphatic hydroxyl groups excluding tert-OH is 1. The molecule has 1 atom stereocenters. The Labute approximate surface area is 98.4 Å². The molecule has 7 N–H and O–H groups in total. The molecule has 0 aromatic heterocycles. The molecule has 0 bridgehead atoms. The highest BCUT2D eigenvalue weighted by atomic mass is 16.3. The quantitative estimate of drug-likeness (QED) is 0.319. The normalized spacial score (nSPS) is 13.7. The van der Waals surface area contributed by atoms with Crippen molar-refractivity contribution < 1.29 is 5.11 Å². The fourth-order valence-corrected chi connectivity index (χ4v) is 1.68. The van der Waals surface area contributed by atoms with Crippen LogP contribution >= 0.6 is 0 Å². The fraction of sp³-hybridized carbons (Fsp3) is 1.00. The van der Waals surface area contributed by atoms with Crippen molar-refractivity contribution >= 4 is 0 Å². The number of hydrogen-bond donors (Lipinski definition) is 4. The highest BCUT2D eigenvalue weighted by molar-refractivity contribution is 4.65. The summed E-state index contributed by atoms with van der Waals surface area (Å²) in [4.78, 5) is 4.30. The standard InChI is InChI=1S/C10H27N5O/c1-10(16)8-15(7-4-13)9-14(5-2-11)6-3-12/h10,16H,2-9,11-13H2,1H3. The average molecular weight is 233 g/mol. The predicted octanol–water partition coefficient (Wildman–Crippen LogP) is -2.20. The lowest BCUT2D eigenvalue weighted by Gasteiger charge is -2.30. The topological polar surface area (TPSA) is 105 Å². The van der Waals surface area contributed by atoms with Gasteiger partial charge in [-0.05, 0) is 6.92 Å². The molecule has 98 valence electrons. The first-order valence-corrected chi connectivity index (χ1v) is 5.87. The molecular formula is C10H27N5O. The summed E-state index contributed by atoms with van der Waals surface area (Å²) in [5.74, 6) is 0. The van der Waals surface area contributed by atoms with Crippen LogP contribution in [-0.2, 0) is 0 Å². The average Bonchev–Trinajstić information content (AvgIpc) is 2.17. The van der Waals surface area contributed by atoms with Crippen molar-refractivity contribution in [2.24, 2.45) is 17.2 Å². The van der Waals surface area contributed by atoms with Crippen LogP contribution in [0.3, 0.4) is 0 Å². The molecule has 0 fully saturated rings. The lowest BCUT2D eigenvalue weighted by Crippen LogP contribution is -2.46. The third kappa shape index (κ3) is 7.98. The Balaban J connectivity index is 4.08. The number of nitrogens with zero attached hydrogens (tertiary/aromatic N) is 2. The molecule has 0 heterocycles. The molecule has 0 amide bonds. The third-order valence-corrected chi connectivity index (χ3v) is 2.26. The van der Waals surface area contributed by atoms with Gasteiger partial charge in [0.2, 0.25) is 0 Å². The van der Waals surface area contributed by atoms with Gasteiger partial charge in [-0.1, -0.05) is 0 Å². The van der Waals surface area contributed by atoms with E-state index >= 15 is 0 Å². The highest BCUT2D eigenvalue weighted by Gasteiger charge is 2.11. The summed E-state index contributed by atoms with van der Waals surface area (Å²) in [6, 6.07) is 0. The smallest absolute Gasteiger partial charge is 0.0639 e. The Morgan fingerprint density at radius 1 is 0.938 bits per heavy atom. The van der Waals surface area contributed by atoms with Crippen molar-refractivity contribution in [3.8, 4) is 0 Å². The van der Waals surface area contributed by atoms with E-state index in [4.69, 9.17) is 17.2 Å². The van der Waals surface area contributed by atoms with Gasteiger partial charge in [-0.25, -0.2) is 0 Å². The zero-order valence-electron chi connectivity index (χ0n) is 10.3. The second kappa shape index (κ2) is 9.95. The molecule has 16 heavy (non-hydrogen) atoms. The van der Waals surface area contributed by atoms with E-state index < -0.39 is 0 Å². The van der Waals surface area contributed by atoms with E-state index in [2.05, 4.69) is 9.80 Å². The maximum Gasteiger partial charge on any atom is 0.0639 e. The largest absolute Gasteiger partial charge is 0.392 e. The summed E-state index contributed by atoms with van der Waals surface area (Å²) in [5, 5.41) is 9.37. The van der Waals surface area contributed by atoms with Crippen molar-refractivity contribution in [1.82, 2.24) is 9.80 Å². The van der Waals surface area contributed by atoms with Gasteiger partial charge in [-0.2, -0.15) is 0 Å². The van der Waals surface area contributed by atoms with Crippen LogP contribution in [0.4, 0.5) is 0 Å². The number of rotatable bonds is 10. The van der Waals surface area contributed by atoms with Gasteiger partial charge >= 0.3 is 0 Å². The van der Waals surface area contributed by atoms with Crippen LogP contribution in [0.5, 0.6) is 0 Å². The van der Waals surface area contributed by atoms with Gasteiger partial charge in [-0.3, -0.25) is 9.80 Å². The molecule has 0 aromatic carbocycles. The summed E-state index contributed by atoms with van der Waals surface area (Å²) < 4.78 is 0. The minimum absolute atomic E-state index is 0.343. The molecule has 0 aliphatic carbocycles. The second-order valence-electron chi connectivity index (χ2n) is 4.05. The van der Waals surface area contributed by atoms with Crippen LogP contribution < -0.4 is 17.2 Å². The molecule has 0 aliphatic rings. The van der Waals surface area contributed by atoms with Crippen molar-refractivity contribution in [3.05, 3.63) is 0 Å². The highest BCUT2D eigenvalue weighted by Crippen LogP contribution is 1.96. The third-order valence-electron chi connectivity index (χ3n) is 2.26. The maximum absolute atomic E-state index is 9.37. The molecule has 6 nitrogen and oxygen atoms in total. The van der Waals surface area contributed by atoms with Gasteiger partial charge < -0.3 is 22.3 Å². The monoisotopic (exact) mass is 233 g/mol. The predicted molar refractivity (Wildman–Crippen MR) is 66.9 cm³/mol. The second-order valence-corrected chi connectivity index (χ2v) is 4.05. The molecule has 1 unspecified atom stereocenters. The van der Waals surface area contributed by atoms with E-state index in [0.717, 1.165) is 26.3 Å². The van der Waals surface area contributed by atoms with Gasteiger partial charge in [0.1, 0.15) is 0 Å². The number of aliphatic hydroxyl groups is 1. The first kappa shape index (κ1) is 15.8. The van der Waals surface area contributed by atoms with Gasteiger partial charge in [0.15, 0.2) is 0 Å². The molecule has 0 rings (SSSR count). The minimum Gasteiger partial charge on any atom is -0.392 e. The first-order chi connectivity index (χ1) is 7.63. The van der Waals surface area contributed by atoms with Crippen molar-refractivity contribution in [1.29, 1.82) is 0 Å². The van der Waals surface area contributed by atoms with Crippen molar-refractivity contribution in [2.45, 2.75) is 13.0 Å². The Bertz CT molecular complexity index is 150. The van der Waals surface area contributed by atoms with Gasteiger partial charge in [-0.15, -0.1) is 0 Å². The van der Waals surface area contributed by atoms with Crippen LogP contribution in [0, 0.1) is 0 Å². The fourth-order valence-electron chi connectivity index (χ4n) is 1.68. The summed E-state index contributed by atoms with van der Waals surface area (Å²) in [7, 11) is 0. The summed E-state index contributed by atoms with van der Waals surface area (Å²) in [6.07, 6.45) is -0.343. The van der Waals surface area contributed by atoms with E-state index in [1.165, 1.54) is 0 Å². The van der Waals surface area contributed by atoms with Gasteiger partial charge in [0.25, 0.3) is 0 Å². The molecule has 0 saturated carbocycles. The first-order valence-electron chi connectivity index (χ1n) is 5.87. The van der Waals surface area contributed by atoms with Crippen LogP contribution in [-0.4, -0.2) is 73.5 Å². The van der Waals surface area contributed by atoms with Crippen molar-refractivity contribution in [2.75, 3.05) is 52.5 Å². The summed E-state index contributed by atoms with van der Waals surface area (Å²) in [5.41, 5.74) is 16.6. The van der Waals surface area contributed by atoms with Crippen LogP contribution in [0.15, 0.2) is 0 Å². The lowest BCUT2D eigenvalue weighted by atomic mass is 10.3. The van der Waals surface area contributed by atoms with Crippen LogP contribution in [0.25, 0.3) is 0 Å². The Kier molecular flexibility index (Phi) is 9.80. The van der Waals surface area contributed by atoms with Gasteiger partial charge in [0.05, 0.1) is 12.8 Å². The molecule has 6 heteroatoms. The molecule has 0 aliphatic heterocycles. The zero-order valence-corrected chi connectivity index (χ0v) is 10.3. The van der Waals surface area contributed by atoms with Crippen LogP contribution in [0.2, 0.25) is 0 Å². The van der Waals surface area contributed by atoms with E-state index in [1.54, 1.807) is 6.92 Å². The minimum atomic E-state index is -0.343. The zero-order chi connectivity index (χ0) is 12.4. The molecule has 0 spiro atoms. The maximum atomic E-state index is 9.37. The van der Waals surface area contributed by atoms with E-state index in [-0.39, 0.29) is 6.10 Å². The molecule has 0 saturated heterocycles. The summed E-state index contributed by atoms with van der Waals surface area (Å²) in [6.45, 7) is 7.40. The van der Waals surface area contributed by atoms with Gasteiger partial charge in [0, 0.05) is 45.8 Å². The SMILES string of the molecule is CC(O)CN(CCN)CN(CCN)CCN. The molecular weight excluding hydrogens is 206 g/mol. The molecule has 0 radical (unpaired) electrons. The van der Waals surface area contributed by atoms with E-state index in [0.29, 0.717) is 26.2 Å².